The SMILES string of the molecule is O=C1/C(=C/Nc2ccc(F)cc2F)S(=O)(=O)N(Cc2ccc(F)cc2)c2ccsc21. The minimum atomic E-state index is -4.30. The second-order valence-electron chi connectivity index (χ2n) is 6.38. The van der Waals surface area contributed by atoms with Crippen LogP contribution in [0.4, 0.5) is 24.5 Å². The fourth-order valence-electron chi connectivity index (χ4n) is 2.96. The Balaban J connectivity index is 1.74. The van der Waals surface area contributed by atoms with Gasteiger partial charge in [0.25, 0.3) is 10.0 Å². The van der Waals surface area contributed by atoms with Crippen LogP contribution in [-0.2, 0) is 16.6 Å². The number of rotatable bonds is 4. The van der Waals surface area contributed by atoms with Crippen molar-refractivity contribution in [2.24, 2.45) is 0 Å². The molecule has 0 amide bonds. The van der Waals surface area contributed by atoms with E-state index < -0.39 is 38.2 Å². The third kappa shape index (κ3) is 3.59. The molecule has 0 saturated heterocycles. The number of carbonyl (C=O) groups excluding carboxylic acids is 1. The van der Waals surface area contributed by atoms with Gasteiger partial charge in [0.1, 0.15) is 22.3 Å². The molecule has 0 bridgehead atoms. The largest absolute Gasteiger partial charge is 0.358 e. The van der Waals surface area contributed by atoms with E-state index in [9.17, 15) is 26.4 Å². The molecule has 2 heterocycles. The molecule has 0 saturated carbocycles. The van der Waals surface area contributed by atoms with Crippen molar-refractivity contribution in [2.75, 3.05) is 9.62 Å². The van der Waals surface area contributed by atoms with Gasteiger partial charge in [-0.2, -0.15) is 0 Å². The molecule has 30 heavy (non-hydrogen) atoms. The van der Waals surface area contributed by atoms with Gasteiger partial charge in [-0.15, -0.1) is 11.3 Å². The van der Waals surface area contributed by atoms with Gasteiger partial charge < -0.3 is 5.32 Å². The van der Waals surface area contributed by atoms with E-state index in [4.69, 9.17) is 0 Å². The fourth-order valence-corrected chi connectivity index (χ4v) is 5.44. The van der Waals surface area contributed by atoms with E-state index in [1.165, 1.54) is 30.3 Å². The Labute approximate surface area is 174 Å². The van der Waals surface area contributed by atoms with Crippen molar-refractivity contribution >= 4 is 38.5 Å². The summed E-state index contributed by atoms with van der Waals surface area (Å²) in [7, 11) is -4.30. The third-order valence-corrected chi connectivity index (χ3v) is 7.11. The smallest absolute Gasteiger partial charge is 0.270 e. The minimum absolute atomic E-state index is 0.123. The summed E-state index contributed by atoms with van der Waals surface area (Å²) in [5.41, 5.74) is 0.553. The number of ketones is 1. The number of nitrogens with zero attached hydrogens (tertiary/aromatic N) is 1. The van der Waals surface area contributed by atoms with Gasteiger partial charge in [0.05, 0.1) is 17.9 Å². The molecule has 1 aliphatic rings. The number of halogens is 3. The first-order valence-corrected chi connectivity index (χ1v) is 10.9. The van der Waals surface area contributed by atoms with Crippen LogP contribution in [0.15, 0.2) is 65.0 Å². The molecule has 0 unspecified atom stereocenters. The van der Waals surface area contributed by atoms with E-state index in [-0.39, 0.29) is 22.8 Å². The van der Waals surface area contributed by atoms with E-state index in [0.29, 0.717) is 11.6 Å². The van der Waals surface area contributed by atoms with Gasteiger partial charge in [-0.1, -0.05) is 12.1 Å². The molecule has 0 radical (unpaired) electrons. The van der Waals surface area contributed by atoms with Crippen LogP contribution in [0.3, 0.4) is 0 Å². The number of anilines is 2. The normalized spacial score (nSPS) is 16.6. The molecule has 10 heteroatoms. The lowest BCUT2D eigenvalue weighted by molar-refractivity contribution is 0.104. The van der Waals surface area contributed by atoms with Crippen LogP contribution in [0.25, 0.3) is 0 Å². The third-order valence-electron chi connectivity index (χ3n) is 4.44. The topological polar surface area (TPSA) is 66.5 Å². The number of sulfonamides is 1. The second kappa shape index (κ2) is 7.62. The lowest BCUT2D eigenvalue weighted by atomic mass is 10.2. The van der Waals surface area contributed by atoms with Crippen molar-refractivity contribution in [3.05, 3.63) is 92.9 Å². The Morgan fingerprint density at radius 2 is 1.70 bits per heavy atom. The number of thiophene rings is 1. The summed E-state index contributed by atoms with van der Waals surface area (Å²) >= 11 is 1.07. The Hall–Kier alpha value is -3.11. The number of hydrogen-bond acceptors (Lipinski definition) is 5. The van der Waals surface area contributed by atoms with Crippen molar-refractivity contribution in [3.63, 3.8) is 0 Å². The van der Waals surface area contributed by atoms with Crippen molar-refractivity contribution in [3.8, 4) is 0 Å². The molecule has 5 nitrogen and oxygen atoms in total. The van der Waals surface area contributed by atoms with Crippen LogP contribution in [0.5, 0.6) is 0 Å². The van der Waals surface area contributed by atoms with Gasteiger partial charge in [0.15, 0.2) is 4.91 Å². The lowest BCUT2D eigenvalue weighted by Gasteiger charge is -2.29. The van der Waals surface area contributed by atoms with Gasteiger partial charge in [-0.05, 0) is 41.3 Å². The van der Waals surface area contributed by atoms with E-state index in [0.717, 1.165) is 34.0 Å². The van der Waals surface area contributed by atoms with Crippen molar-refractivity contribution < 1.29 is 26.4 Å². The zero-order valence-corrected chi connectivity index (χ0v) is 16.7. The first kappa shape index (κ1) is 20.2. The molecular formula is C20H13F3N2O3S2. The minimum Gasteiger partial charge on any atom is -0.358 e. The van der Waals surface area contributed by atoms with Gasteiger partial charge in [-0.3, -0.25) is 9.10 Å². The monoisotopic (exact) mass is 450 g/mol. The van der Waals surface area contributed by atoms with E-state index in [2.05, 4.69) is 5.32 Å². The van der Waals surface area contributed by atoms with Crippen LogP contribution in [0.2, 0.25) is 0 Å². The predicted molar refractivity (Wildman–Crippen MR) is 108 cm³/mol. The molecule has 0 aliphatic carbocycles. The zero-order chi connectivity index (χ0) is 21.5. The van der Waals surface area contributed by atoms with Crippen LogP contribution in [0, 0.1) is 17.5 Å². The van der Waals surface area contributed by atoms with Crippen molar-refractivity contribution in [1.29, 1.82) is 0 Å². The zero-order valence-electron chi connectivity index (χ0n) is 15.1. The van der Waals surface area contributed by atoms with Gasteiger partial charge in [-0.25, -0.2) is 21.6 Å². The Morgan fingerprint density at radius 1 is 1.00 bits per heavy atom. The van der Waals surface area contributed by atoms with E-state index >= 15 is 0 Å². The Bertz CT molecular complexity index is 1270. The Kier molecular flexibility index (Phi) is 5.12. The van der Waals surface area contributed by atoms with E-state index in [1.807, 2.05) is 0 Å². The van der Waals surface area contributed by atoms with Crippen LogP contribution < -0.4 is 9.62 Å². The van der Waals surface area contributed by atoms with Gasteiger partial charge in [0.2, 0.25) is 5.78 Å². The number of allylic oxidation sites excluding steroid dienone is 1. The molecule has 0 spiro atoms. The highest BCUT2D eigenvalue weighted by molar-refractivity contribution is 7.97. The van der Waals surface area contributed by atoms with Crippen molar-refractivity contribution in [2.45, 2.75) is 6.54 Å². The van der Waals surface area contributed by atoms with E-state index in [1.54, 1.807) is 5.38 Å². The highest BCUT2D eigenvalue weighted by atomic mass is 32.2. The summed E-state index contributed by atoms with van der Waals surface area (Å²) in [6.45, 7) is -0.123. The number of Topliss-reactive ketones (excluding diaryl/α,β-unsaturated/α-hetero) is 1. The molecule has 3 aromatic rings. The molecule has 0 fully saturated rings. The Morgan fingerprint density at radius 3 is 2.40 bits per heavy atom. The summed E-state index contributed by atoms with van der Waals surface area (Å²) in [6, 6.07) is 9.56. The summed E-state index contributed by atoms with van der Waals surface area (Å²) in [4.78, 5) is 12.4. The standard InChI is InChI=1S/C20H13F3N2O3S2/c21-13-3-1-12(2-4-13)11-25-17-7-8-29-20(17)19(26)18(30(25,27)28)10-24-16-6-5-14(22)9-15(16)23/h1-10,24H,11H2/b18-10-. The molecule has 154 valence electrons. The number of carbonyl (C=O) groups is 1. The summed E-state index contributed by atoms with van der Waals surface area (Å²) in [5, 5.41) is 4.02. The first-order chi connectivity index (χ1) is 14.3. The van der Waals surface area contributed by atoms with Crippen LogP contribution >= 0.6 is 11.3 Å². The molecule has 1 N–H and O–H groups in total. The number of nitrogens with one attached hydrogen (secondary N) is 1. The summed E-state index contributed by atoms with van der Waals surface area (Å²) in [6.07, 6.45) is 0.897. The van der Waals surface area contributed by atoms with Crippen LogP contribution in [-0.4, -0.2) is 14.2 Å². The maximum absolute atomic E-state index is 13.9. The van der Waals surface area contributed by atoms with Crippen LogP contribution in [0.1, 0.15) is 15.2 Å². The lowest BCUT2D eigenvalue weighted by Crippen LogP contribution is -2.38. The number of fused-ring (bicyclic) bond motifs is 1. The molecule has 1 aromatic heterocycles. The molecule has 1 aliphatic heterocycles. The second-order valence-corrected chi connectivity index (χ2v) is 9.13. The number of hydrogen-bond donors (Lipinski definition) is 1. The highest BCUT2D eigenvalue weighted by Crippen LogP contribution is 2.39. The quantitative estimate of drug-likeness (QED) is 0.588. The van der Waals surface area contributed by atoms with Crippen molar-refractivity contribution in [1.82, 2.24) is 0 Å². The molecular weight excluding hydrogens is 437 g/mol. The highest BCUT2D eigenvalue weighted by Gasteiger charge is 2.41. The predicted octanol–water partition coefficient (Wildman–Crippen LogP) is 4.65. The summed E-state index contributed by atoms with van der Waals surface area (Å²) in [5.74, 6) is -2.92. The average Bonchev–Trinajstić information content (AvgIpc) is 3.17. The fraction of sp³-hybridized carbons (Fsp3) is 0.0500. The summed E-state index contributed by atoms with van der Waals surface area (Å²) < 4.78 is 67.6. The number of benzene rings is 2. The van der Waals surface area contributed by atoms with Gasteiger partial charge in [0, 0.05) is 12.3 Å². The maximum atomic E-state index is 13.9. The molecule has 2 aromatic carbocycles. The maximum Gasteiger partial charge on any atom is 0.270 e. The molecule has 4 rings (SSSR count). The average molecular weight is 450 g/mol. The molecule has 0 atom stereocenters. The van der Waals surface area contributed by atoms with Gasteiger partial charge >= 0.3 is 0 Å². The first-order valence-electron chi connectivity index (χ1n) is 8.58.